The molecule has 6 heteroatoms. The van der Waals surface area contributed by atoms with Crippen molar-refractivity contribution < 1.29 is 4.74 Å². The molecule has 2 unspecified atom stereocenters. The van der Waals surface area contributed by atoms with Crippen molar-refractivity contribution in [1.29, 1.82) is 0 Å². The van der Waals surface area contributed by atoms with Crippen LogP contribution in [-0.2, 0) is 13.6 Å². The summed E-state index contributed by atoms with van der Waals surface area (Å²) in [6.07, 6.45) is 7.55. The van der Waals surface area contributed by atoms with E-state index in [1.807, 2.05) is 54.5 Å². The lowest BCUT2D eigenvalue weighted by Crippen LogP contribution is -2.11. The van der Waals surface area contributed by atoms with E-state index in [4.69, 9.17) is 16.3 Å². The summed E-state index contributed by atoms with van der Waals surface area (Å²) in [5.41, 5.74) is 3.20. The number of rotatable bonds is 6. The van der Waals surface area contributed by atoms with Gasteiger partial charge < -0.3 is 4.74 Å². The first kappa shape index (κ1) is 16.1. The van der Waals surface area contributed by atoms with Crippen molar-refractivity contribution in [2.24, 2.45) is 7.05 Å². The minimum atomic E-state index is 0.442. The van der Waals surface area contributed by atoms with E-state index in [0.717, 1.165) is 30.0 Å². The molecule has 0 amide bonds. The summed E-state index contributed by atoms with van der Waals surface area (Å²) in [5.74, 6) is 0.839. The van der Waals surface area contributed by atoms with Crippen LogP contribution < -0.4 is 4.74 Å². The van der Waals surface area contributed by atoms with Crippen molar-refractivity contribution in [1.82, 2.24) is 19.7 Å². The fourth-order valence-electron chi connectivity index (χ4n) is 2.93. The average Bonchev–Trinajstić information content (AvgIpc) is 3.23. The first-order chi connectivity index (χ1) is 12.2. The molecule has 5 nitrogen and oxygen atoms in total. The topological polar surface area (TPSA) is 43.0 Å². The third-order valence-electron chi connectivity index (χ3n) is 4.32. The SMILES string of the molecule is Cn1cc(CN2CC2COc2ccc(Cl)cc2-c2cccnc2)cn1. The summed E-state index contributed by atoms with van der Waals surface area (Å²) in [6, 6.07) is 10.1. The van der Waals surface area contributed by atoms with Gasteiger partial charge in [0.2, 0.25) is 0 Å². The van der Waals surface area contributed by atoms with Crippen LogP contribution in [0.15, 0.2) is 55.1 Å². The summed E-state index contributed by atoms with van der Waals surface area (Å²) in [6.45, 7) is 2.62. The molecule has 0 N–H and O–H groups in total. The first-order valence-corrected chi connectivity index (χ1v) is 8.61. The smallest absolute Gasteiger partial charge is 0.127 e. The van der Waals surface area contributed by atoms with Crippen molar-refractivity contribution in [2.75, 3.05) is 13.2 Å². The number of ether oxygens (including phenoxy) is 1. The summed E-state index contributed by atoms with van der Waals surface area (Å²) in [7, 11) is 1.94. The molecule has 128 valence electrons. The van der Waals surface area contributed by atoms with Gasteiger partial charge in [0.25, 0.3) is 0 Å². The molecule has 4 rings (SSSR count). The molecule has 3 aromatic rings. The monoisotopic (exact) mass is 354 g/mol. The zero-order valence-electron chi connectivity index (χ0n) is 14.0. The van der Waals surface area contributed by atoms with E-state index in [9.17, 15) is 0 Å². The van der Waals surface area contributed by atoms with E-state index in [-0.39, 0.29) is 0 Å². The second kappa shape index (κ2) is 6.86. The molecule has 3 heterocycles. The number of nitrogens with zero attached hydrogens (tertiary/aromatic N) is 4. The first-order valence-electron chi connectivity index (χ1n) is 8.23. The highest BCUT2D eigenvalue weighted by Gasteiger charge is 2.34. The van der Waals surface area contributed by atoms with Gasteiger partial charge in [-0.3, -0.25) is 14.6 Å². The van der Waals surface area contributed by atoms with Crippen molar-refractivity contribution in [2.45, 2.75) is 12.6 Å². The van der Waals surface area contributed by atoms with Gasteiger partial charge in [0.1, 0.15) is 12.4 Å². The van der Waals surface area contributed by atoms with Crippen LogP contribution >= 0.6 is 11.6 Å². The molecular weight excluding hydrogens is 336 g/mol. The minimum Gasteiger partial charge on any atom is -0.491 e. The van der Waals surface area contributed by atoms with Gasteiger partial charge in [-0.15, -0.1) is 0 Å². The maximum atomic E-state index is 6.17. The van der Waals surface area contributed by atoms with E-state index in [1.165, 1.54) is 5.56 Å². The van der Waals surface area contributed by atoms with Gasteiger partial charge in [0.05, 0.1) is 12.2 Å². The fraction of sp³-hybridized carbons (Fsp3) is 0.263. The number of pyridine rings is 1. The van der Waals surface area contributed by atoms with Gasteiger partial charge in [-0.25, -0.2) is 0 Å². The van der Waals surface area contributed by atoms with Gasteiger partial charge in [-0.1, -0.05) is 17.7 Å². The Bertz CT molecular complexity index is 865. The standard InChI is InChI=1S/C19H19ClN4O/c1-23-10-14(8-22-23)11-24-12-17(24)13-25-19-5-4-16(20)7-18(19)15-3-2-6-21-9-15/h2-10,17H,11-13H2,1H3. The molecule has 1 saturated heterocycles. The van der Waals surface area contributed by atoms with E-state index in [2.05, 4.69) is 21.2 Å². The molecule has 0 aliphatic carbocycles. The quantitative estimate of drug-likeness (QED) is 0.636. The van der Waals surface area contributed by atoms with E-state index >= 15 is 0 Å². The Morgan fingerprint density at radius 3 is 2.96 bits per heavy atom. The number of aryl methyl sites for hydroxylation is 1. The molecular formula is C19H19ClN4O. The molecule has 1 aromatic carbocycles. The van der Waals surface area contributed by atoms with Crippen LogP contribution in [-0.4, -0.2) is 38.9 Å². The molecule has 2 aromatic heterocycles. The molecule has 0 spiro atoms. The maximum absolute atomic E-state index is 6.17. The Balaban J connectivity index is 1.40. The number of hydrogen-bond acceptors (Lipinski definition) is 4. The molecule has 0 radical (unpaired) electrons. The lowest BCUT2D eigenvalue weighted by Gasteiger charge is -2.12. The van der Waals surface area contributed by atoms with Gasteiger partial charge >= 0.3 is 0 Å². The Morgan fingerprint density at radius 2 is 2.20 bits per heavy atom. The molecule has 1 fully saturated rings. The Kier molecular flexibility index (Phi) is 4.42. The Labute approximate surface area is 151 Å². The second-order valence-corrected chi connectivity index (χ2v) is 6.74. The highest BCUT2D eigenvalue weighted by molar-refractivity contribution is 6.31. The second-order valence-electron chi connectivity index (χ2n) is 6.30. The van der Waals surface area contributed by atoms with Crippen LogP contribution in [0, 0.1) is 0 Å². The molecule has 25 heavy (non-hydrogen) atoms. The predicted molar refractivity (Wildman–Crippen MR) is 97.6 cm³/mol. The number of benzene rings is 1. The maximum Gasteiger partial charge on any atom is 0.127 e. The average molecular weight is 355 g/mol. The Hall–Kier alpha value is -2.37. The number of halogens is 1. The van der Waals surface area contributed by atoms with Crippen LogP contribution in [0.1, 0.15) is 5.56 Å². The minimum absolute atomic E-state index is 0.442. The van der Waals surface area contributed by atoms with Gasteiger partial charge in [0, 0.05) is 60.4 Å². The van der Waals surface area contributed by atoms with Crippen molar-refractivity contribution in [3.8, 4) is 16.9 Å². The van der Waals surface area contributed by atoms with Crippen LogP contribution in [0.5, 0.6) is 5.75 Å². The van der Waals surface area contributed by atoms with Gasteiger partial charge in [-0.2, -0.15) is 5.10 Å². The van der Waals surface area contributed by atoms with Crippen molar-refractivity contribution in [3.63, 3.8) is 0 Å². The van der Waals surface area contributed by atoms with Crippen molar-refractivity contribution in [3.05, 3.63) is 65.7 Å². The van der Waals surface area contributed by atoms with Crippen molar-refractivity contribution >= 4 is 11.6 Å². The number of hydrogen-bond donors (Lipinski definition) is 0. The lowest BCUT2D eigenvalue weighted by molar-refractivity contribution is 0.294. The summed E-state index contributed by atoms with van der Waals surface area (Å²) in [4.78, 5) is 6.56. The molecule has 2 atom stereocenters. The van der Waals surface area contributed by atoms with Crippen LogP contribution in [0.4, 0.5) is 0 Å². The van der Waals surface area contributed by atoms with Gasteiger partial charge in [0.15, 0.2) is 0 Å². The lowest BCUT2D eigenvalue weighted by atomic mass is 10.1. The van der Waals surface area contributed by atoms with E-state index in [1.54, 1.807) is 6.20 Å². The number of aromatic nitrogens is 3. The fourth-order valence-corrected chi connectivity index (χ4v) is 3.10. The zero-order chi connectivity index (χ0) is 17.2. The zero-order valence-corrected chi connectivity index (χ0v) is 14.7. The van der Waals surface area contributed by atoms with E-state index < -0.39 is 0 Å². The van der Waals surface area contributed by atoms with E-state index in [0.29, 0.717) is 17.7 Å². The van der Waals surface area contributed by atoms with Crippen LogP contribution in [0.2, 0.25) is 5.02 Å². The van der Waals surface area contributed by atoms with Crippen LogP contribution in [0.3, 0.4) is 0 Å². The van der Waals surface area contributed by atoms with Gasteiger partial charge in [-0.05, 0) is 24.3 Å². The summed E-state index contributed by atoms with van der Waals surface area (Å²) < 4.78 is 7.93. The summed E-state index contributed by atoms with van der Waals surface area (Å²) in [5, 5.41) is 4.90. The molecule has 0 saturated carbocycles. The predicted octanol–water partition coefficient (Wildman–Crippen LogP) is 3.40. The third kappa shape index (κ3) is 3.83. The highest BCUT2D eigenvalue weighted by Crippen LogP contribution is 2.33. The Morgan fingerprint density at radius 1 is 1.28 bits per heavy atom. The van der Waals surface area contributed by atoms with Crippen LogP contribution in [0.25, 0.3) is 11.1 Å². The summed E-state index contributed by atoms with van der Waals surface area (Å²) >= 11 is 6.17. The highest BCUT2D eigenvalue weighted by atomic mass is 35.5. The normalized spacial score (nSPS) is 19.0. The molecule has 1 aliphatic rings. The largest absolute Gasteiger partial charge is 0.491 e. The molecule has 0 bridgehead atoms. The third-order valence-corrected chi connectivity index (χ3v) is 4.55. The molecule has 1 aliphatic heterocycles.